The Kier molecular flexibility index (Phi) is 4.40. The minimum Gasteiger partial charge on any atom is -0.350 e. The molecule has 1 atom stereocenters. The second-order valence-corrected chi connectivity index (χ2v) is 6.07. The first-order valence-corrected chi connectivity index (χ1v) is 7.62. The van der Waals surface area contributed by atoms with Crippen LogP contribution >= 0.6 is 11.3 Å². The summed E-state index contributed by atoms with van der Waals surface area (Å²) in [5.74, 6) is 0.176. The predicted octanol–water partition coefficient (Wildman–Crippen LogP) is 2.60. The molecule has 1 aromatic rings. The fourth-order valence-corrected chi connectivity index (χ4v) is 3.51. The monoisotopic (exact) mass is 266 g/mol. The van der Waals surface area contributed by atoms with E-state index in [0.717, 1.165) is 32.2 Å². The second-order valence-electron chi connectivity index (χ2n) is 5.07. The summed E-state index contributed by atoms with van der Waals surface area (Å²) in [4.78, 5) is 13.7. The minimum absolute atomic E-state index is 0.176. The van der Waals surface area contributed by atoms with E-state index in [1.807, 2.05) is 0 Å². The fraction of sp³-hybridized carbons (Fsp3) is 0.643. The number of hydrogen-bond acceptors (Lipinski definition) is 3. The van der Waals surface area contributed by atoms with Gasteiger partial charge in [-0.1, -0.05) is 13.3 Å². The van der Waals surface area contributed by atoms with E-state index in [2.05, 4.69) is 35.9 Å². The maximum absolute atomic E-state index is 12.4. The molecule has 1 aliphatic rings. The van der Waals surface area contributed by atoms with Crippen molar-refractivity contribution < 1.29 is 4.79 Å². The first-order valence-electron chi connectivity index (χ1n) is 6.74. The average molecular weight is 266 g/mol. The van der Waals surface area contributed by atoms with Crippen molar-refractivity contribution >= 4 is 17.2 Å². The van der Waals surface area contributed by atoms with Gasteiger partial charge in [0.1, 0.15) is 0 Å². The molecule has 4 heteroatoms. The van der Waals surface area contributed by atoms with Crippen LogP contribution in [0.3, 0.4) is 0 Å². The summed E-state index contributed by atoms with van der Waals surface area (Å²) in [7, 11) is 0. The molecular weight excluding hydrogens is 244 g/mol. The highest BCUT2D eigenvalue weighted by Crippen LogP contribution is 2.25. The molecule has 2 heterocycles. The van der Waals surface area contributed by atoms with Crippen LogP contribution in [-0.2, 0) is 11.3 Å². The van der Waals surface area contributed by atoms with Gasteiger partial charge in [0.05, 0.1) is 12.1 Å². The van der Waals surface area contributed by atoms with Crippen molar-refractivity contribution in [2.24, 2.45) is 0 Å². The van der Waals surface area contributed by atoms with E-state index in [0.29, 0.717) is 6.54 Å². The van der Waals surface area contributed by atoms with Crippen molar-refractivity contribution in [3.8, 4) is 0 Å². The first kappa shape index (κ1) is 13.6. The summed E-state index contributed by atoms with van der Waals surface area (Å²) in [6.07, 6.45) is 4.04. The van der Waals surface area contributed by atoms with Crippen LogP contribution in [0.4, 0.5) is 0 Å². The highest BCUT2D eigenvalue weighted by molar-refractivity contribution is 7.10. The lowest BCUT2D eigenvalue weighted by atomic mass is 9.91. The highest BCUT2D eigenvalue weighted by atomic mass is 32.1. The Morgan fingerprint density at radius 3 is 3.00 bits per heavy atom. The molecule has 1 fully saturated rings. The molecule has 1 aliphatic heterocycles. The van der Waals surface area contributed by atoms with Crippen molar-refractivity contribution in [1.82, 2.24) is 10.6 Å². The standard InChI is InChI=1S/C14H22N2OS/c1-3-6-14(7-4-8-16-14)13(17)15-10-12-11(2)5-9-18-12/h5,9,16H,3-4,6-8,10H2,1-2H3,(H,15,17). The molecule has 0 radical (unpaired) electrons. The van der Waals surface area contributed by atoms with Crippen LogP contribution in [0, 0.1) is 6.92 Å². The van der Waals surface area contributed by atoms with Gasteiger partial charge in [-0.3, -0.25) is 4.79 Å². The van der Waals surface area contributed by atoms with Gasteiger partial charge in [0, 0.05) is 4.88 Å². The zero-order valence-electron chi connectivity index (χ0n) is 11.2. The number of hydrogen-bond donors (Lipinski definition) is 2. The van der Waals surface area contributed by atoms with Gasteiger partial charge >= 0.3 is 0 Å². The molecule has 1 aromatic heterocycles. The first-order chi connectivity index (χ1) is 8.68. The summed E-state index contributed by atoms with van der Waals surface area (Å²) in [6.45, 7) is 5.85. The summed E-state index contributed by atoms with van der Waals surface area (Å²) in [6, 6.07) is 2.10. The van der Waals surface area contributed by atoms with E-state index >= 15 is 0 Å². The predicted molar refractivity (Wildman–Crippen MR) is 75.8 cm³/mol. The molecule has 2 rings (SSSR count). The molecule has 1 amide bonds. The lowest BCUT2D eigenvalue weighted by Crippen LogP contribution is -2.53. The number of amides is 1. The maximum atomic E-state index is 12.4. The summed E-state index contributed by atoms with van der Waals surface area (Å²) >= 11 is 1.71. The lowest BCUT2D eigenvalue weighted by molar-refractivity contribution is -0.127. The number of nitrogens with one attached hydrogen (secondary N) is 2. The largest absolute Gasteiger partial charge is 0.350 e. The lowest BCUT2D eigenvalue weighted by Gasteiger charge is -2.27. The van der Waals surface area contributed by atoms with Gasteiger partial charge in [-0.2, -0.15) is 0 Å². The van der Waals surface area contributed by atoms with Crippen LogP contribution in [0.2, 0.25) is 0 Å². The molecular formula is C14H22N2OS. The van der Waals surface area contributed by atoms with Crippen LogP contribution in [0.25, 0.3) is 0 Å². The SMILES string of the molecule is CCCC1(C(=O)NCc2sccc2C)CCCN1. The van der Waals surface area contributed by atoms with E-state index in [1.165, 1.54) is 10.4 Å². The number of rotatable bonds is 5. The summed E-state index contributed by atoms with van der Waals surface area (Å²) < 4.78 is 0. The molecule has 0 aromatic carbocycles. The Morgan fingerprint density at radius 1 is 1.61 bits per heavy atom. The van der Waals surface area contributed by atoms with Crippen molar-refractivity contribution in [2.45, 2.75) is 51.6 Å². The quantitative estimate of drug-likeness (QED) is 0.860. The Hall–Kier alpha value is -0.870. The normalized spacial score (nSPS) is 23.2. The van der Waals surface area contributed by atoms with Crippen molar-refractivity contribution in [3.05, 3.63) is 21.9 Å². The molecule has 1 unspecified atom stereocenters. The van der Waals surface area contributed by atoms with Gasteiger partial charge in [-0.25, -0.2) is 0 Å². The average Bonchev–Trinajstić information content (AvgIpc) is 2.97. The topological polar surface area (TPSA) is 41.1 Å². The Morgan fingerprint density at radius 2 is 2.44 bits per heavy atom. The van der Waals surface area contributed by atoms with Gasteiger partial charge < -0.3 is 10.6 Å². The third-order valence-electron chi connectivity index (χ3n) is 3.73. The molecule has 0 spiro atoms. The van der Waals surface area contributed by atoms with E-state index in [9.17, 15) is 4.79 Å². The molecule has 0 saturated carbocycles. The summed E-state index contributed by atoms with van der Waals surface area (Å²) in [5, 5.41) is 8.59. The van der Waals surface area contributed by atoms with Crippen LogP contribution in [-0.4, -0.2) is 18.0 Å². The van der Waals surface area contributed by atoms with Crippen LogP contribution in [0.1, 0.15) is 43.0 Å². The smallest absolute Gasteiger partial charge is 0.240 e. The zero-order chi connectivity index (χ0) is 13.0. The van der Waals surface area contributed by atoms with Crippen molar-refractivity contribution in [1.29, 1.82) is 0 Å². The molecule has 0 aliphatic carbocycles. The van der Waals surface area contributed by atoms with Gasteiger partial charge in [-0.05, 0) is 49.7 Å². The third kappa shape index (κ3) is 2.75. The zero-order valence-corrected chi connectivity index (χ0v) is 12.0. The van der Waals surface area contributed by atoms with Gasteiger partial charge in [0.15, 0.2) is 0 Å². The van der Waals surface area contributed by atoms with E-state index in [1.54, 1.807) is 11.3 Å². The van der Waals surface area contributed by atoms with E-state index in [4.69, 9.17) is 0 Å². The Labute approximate surface area is 113 Å². The number of thiophene rings is 1. The van der Waals surface area contributed by atoms with Crippen molar-refractivity contribution in [3.63, 3.8) is 0 Å². The number of aryl methyl sites for hydroxylation is 1. The fourth-order valence-electron chi connectivity index (χ4n) is 2.67. The third-order valence-corrected chi connectivity index (χ3v) is 4.76. The summed E-state index contributed by atoms with van der Waals surface area (Å²) in [5.41, 5.74) is 0.962. The van der Waals surface area contributed by atoms with Crippen LogP contribution in [0.5, 0.6) is 0 Å². The van der Waals surface area contributed by atoms with Gasteiger partial charge in [-0.15, -0.1) is 11.3 Å². The van der Waals surface area contributed by atoms with Crippen LogP contribution < -0.4 is 10.6 Å². The maximum Gasteiger partial charge on any atom is 0.240 e. The van der Waals surface area contributed by atoms with Gasteiger partial charge in [0.25, 0.3) is 0 Å². The van der Waals surface area contributed by atoms with Gasteiger partial charge in [0.2, 0.25) is 5.91 Å². The molecule has 1 saturated heterocycles. The second kappa shape index (κ2) is 5.85. The van der Waals surface area contributed by atoms with Crippen molar-refractivity contribution in [2.75, 3.05) is 6.54 Å². The minimum atomic E-state index is -0.306. The molecule has 2 N–H and O–H groups in total. The molecule has 100 valence electrons. The van der Waals surface area contributed by atoms with E-state index < -0.39 is 0 Å². The molecule has 3 nitrogen and oxygen atoms in total. The number of carbonyl (C=O) groups excluding carboxylic acids is 1. The number of carbonyl (C=O) groups is 1. The molecule has 0 bridgehead atoms. The molecule has 18 heavy (non-hydrogen) atoms. The van der Waals surface area contributed by atoms with E-state index in [-0.39, 0.29) is 11.4 Å². The van der Waals surface area contributed by atoms with Crippen LogP contribution in [0.15, 0.2) is 11.4 Å². The Bertz CT molecular complexity index is 408. The Balaban J connectivity index is 1.96. The highest BCUT2D eigenvalue weighted by Gasteiger charge is 2.39.